The van der Waals surface area contributed by atoms with Gasteiger partial charge < -0.3 is 9.72 Å². The second-order valence-corrected chi connectivity index (χ2v) is 12.5. The van der Waals surface area contributed by atoms with Crippen LogP contribution in [0.25, 0.3) is 10.9 Å². The number of thiophene rings is 1. The highest BCUT2D eigenvalue weighted by Gasteiger charge is 2.27. The van der Waals surface area contributed by atoms with E-state index in [1.54, 1.807) is 36.3 Å². The van der Waals surface area contributed by atoms with Gasteiger partial charge in [0.2, 0.25) is 0 Å². The Balaban J connectivity index is 1.41. The molecule has 5 rings (SSSR count). The Morgan fingerprint density at radius 3 is 2.84 bits per heavy atom. The number of aryl methyl sites for hydroxylation is 1. The summed E-state index contributed by atoms with van der Waals surface area (Å²) < 4.78 is 33.3. The first kappa shape index (κ1) is 22.0. The molecule has 3 aromatic rings. The lowest BCUT2D eigenvalue weighted by Crippen LogP contribution is -2.40. The Hall–Kier alpha value is -1.85. The summed E-state index contributed by atoms with van der Waals surface area (Å²) in [7, 11) is -2.00. The van der Waals surface area contributed by atoms with E-state index >= 15 is 0 Å². The van der Waals surface area contributed by atoms with Crippen LogP contribution in [0.4, 0.5) is 5.69 Å². The van der Waals surface area contributed by atoms with Gasteiger partial charge in [0.25, 0.3) is 10.0 Å². The van der Waals surface area contributed by atoms with Gasteiger partial charge in [-0.15, -0.1) is 11.3 Å². The van der Waals surface area contributed by atoms with E-state index in [1.807, 2.05) is 19.1 Å². The summed E-state index contributed by atoms with van der Waals surface area (Å²) in [5.41, 5.74) is 3.51. The predicted molar refractivity (Wildman–Crippen MR) is 133 cm³/mol. The predicted octanol–water partition coefficient (Wildman–Crippen LogP) is 3.56. The minimum atomic E-state index is -3.61. The number of nitrogens with zero attached hydrogens (tertiary/aromatic N) is 3. The minimum Gasteiger partial charge on any atom is -0.379 e. The Labute approximate surface area is 196 Å². The fourth-order valence-electron chi connectivity index (χ4n) is 4.13. The number of rotatable bonds is 6. The minimum absolute atomic E-state index is 0.335. The van der Waals surface area contributed by atoms with Crippen LogP contribution in [0.2, 0.25) is 0 Å². The Kier molecular flexibility index (Phi) is 6.06. The zero-order valence-corrected chi connectivity index (χ0v) is 20.5. The summed E-state index contributed by atoms with van der Waals surface area (Å²) in [4.78, 5) is 10.7. The van der Waals surface area contributed by atoms with Crippen LogP contribution in [0.15, 0.2) is 44.9 Å². The average Bonchev–Trinajstić information content (AvgIpc) is 3.55. The molecule has 1 unspecified atom stereocenters. The molecule has 0 spiro atoms. The molecule has 0 radical (unpaired) electrons. The highest BCUT2D eigenvalue weighted by molar-refractivity contribution is 8.15. The lowest BCUT2D eigenvalue weighted by molar-refractivity contribution is 0.0385. The molecular formula is C22H26N4O3S3. The Morgan fingerprint density at radius 1 is 1.28 bits per heavy atom. The molecule has 32 heavy (non-hydrogen) atoms. The molecule has 0 saturated carbocycles. The quantitative estimate of drug-likeness (QED) is 0.572. The summed E-state index contributed by atoms with van der Waals surface area (Å²) in [6.45, 7) is 7.41. The fourth-order valence-corrected chi connectivity index (χ4v) is 7.63. The molecule has 0 amide bonds. The van der Waals surface area contributed by atoms with Gasteiger partial charge in [0.05, 0.1) is 36.7 Å². The SMILES string of the molecule is Cc1ccc(N(C)S(=O)(=O)c2cccs2)c2[nH]c(C3=NCC(CN4CCOCC4)S3)cc12. The van der Waals surface area contributed by atoms with E-state index in [2.05, 4.69) is 16.0 Å². The van der Waals surface area contributed by atoms with Crippen molar-refractivity contribution in [2.75, 3.05) is 50.7 Å². The van der Waals surface area contributed by atoms with Crippen LogP contribution in [0.1, 0.15) is 11.3 Å². The van der Waals surface area contributed by atoms with Crippen molar-refractivity contribution in [3.05, 3.63) is 47.0 Å². The number of aliphatic imine (C=N–C) groups is 1. The van der Waals surface area contributed by atoms with Gasteiger partial charge in [-0.3, -0.25) is 14.2 Å². The van der Waals surface area contributed by atoms with E-state index in [-0.39, 0.29) is 0 Å². The number of anilines is 1. The first-order chi connectivity index (χ1) is 15.4. The number of hydrogen-bond donors (Lipinski definition) is 1. The van der Waals surface area contributed by atoms with E-state index in [1.165, 1.54) is 15.6 Å². The van der Waals surface area contributed by atoms with Crippen molar-refractivity contribution in [1.29, 1.82) is 0 Å². The van der Waals surface area contributed by atoms with Gasteiger partial charge in [-0.1, -0.05) is 23.9 Å². The van der Waals surface area contributed by atoms with Crippen molar-refractivity contribution in [3.63, 3.8) is 0 Å². The third-order valence-corrected chi connectivity index (χ3v) is 10.3. The zero-order chi connectivity index (χ0) is 22.3. The number of aromatic amines is 1. The molecule has 170 valence electrons. The van der Waals surface area contributed by atoms with E-state index in [9.17, 15) is 8.42 Å². The van der Waals surface area contributed by atoms with Gasteiger partial charge in [0.1, 0.15) is 9.25 Å². The molecule has 10 heteroatoms. The van der Waals surface area contributed by atoms with Gasteiger partial charge in [0, 0.05) is 37.3 Å². The summed E-state index contributed by atoms with van der Waals surface area (Å²) in [6.07, 6.45) is 0. The molecule has 0 bridgehead atoms. The third-order valence-electron chi connectivity index (χ3n) is 5.95. The van der Waals surface area contributed by atoms with E-state index in [4.69, 9.17) is 9.73 Å². The number of thioether (sulfide) groups is 1. The van der Waals surface area contributed by atoms with Crippen LogP contribution >= 0.6 is 23.1 Å². The van der Waals surface area contributed by atoms with Crippen LogP contribution in [0.5, 0.6) is 0 Å². The first-order valence-electron chi connectivity index (χ1n) is 10.6. The van der Waals surface area contributed by atoms with Crippen LogP contribution in [0.3, 0.4) is 0 Å². The molecule has 1 aromatic carbocycles. The van der Waals surface area contributed by atoms with Gasteiger partial charge in [-0.2, -0.15) is 0 Å². The molecule has 1 atom stereocenters. The lowest BCUT2D eigenvalue weighted by Gasteiger charge is -2.28. The fraction of sp³-hybridized carbons (Fsp3) is 0.409. The number of benzene rings is 1. The topological polar surface area (TPSA) is 78.0 Å². The number of morpholine rings is 1. The highest BCUT2D eigenvalue weighted by atomic mass is 32.2. The molecule has 1 fully saturated rings. The third kappa shape index (κ3) is 4.10. The monoisotopic (exact) mass is 490 g/mol. The maximum atomic E-state index is 13.1. The number of sulfonamides is 1. The largest absolute Gasteiger partial charge is 0.379 e. The van der Waals surface area contributed by atoms with Crippen molar-refractivity contribution in [3.8, 4) is 0 Å². The molecule has 2 aliphatic rings. The van der Waals surface area contributed by atoms with E-state index < -0.39 is 10.0 Å². The number of H-pyrrole nitrogens is 1. The number of fused-ring (bicyclic) bond motifs is 1. The second kappa shape index (κ2) is 8.83. The number of aromatic nitrogens is 1. The average molecular weight is 491 g/mol. The molecule has 0 aliphatic carbocycles. The normalized spacial score (nSPS) is 20.1. The molecule has 2 aromatic heterocycles. The Morgan fingerprint density at radius 2 is 2.09 bits per heavy atom. The zero-order valence-electron chi connectivity index (χ0n) is 18.1. The summed E-state index contributed by atoms with van der Waals surface area (Å²) in [5, 5.41) is 4.22. The standard InChI is InChI=1S/C22H26N4O3S3/c1-15-5-6-19(25(2)32(27,28)20-4-3-11-30-20)21-17(15)12-18(24-21)22-23-13-16(31-22)14-26-7-9-29-10-8-26/h3-6,11-12,16,24H,7-10,13-14H2,1-2H3. The van der Waals surface area contributed by atoms with Gasteiger partial charge >= 0.3 is 0 Å². The summed E-state index contributed by atoms with van der Waals surface area (Å²) in [6, 6.07) is 9.34. The smallest absolute Gasteiger partial charge is 0.273 e. The van der Waals surface area contributed by atoms with E-state index in [0.29, 0.717) is 15.1 Å². The van der Waals surface area contributed by atoms with Crippen molar-refractivity contribution in [2.45, 2.75) is 16.4 Å². The summed E-state index contributed by atoms with van der Waals surface area (Å²) in [5.74, 6) is 0. The molecule has 4 heterocycles. The van der Waals surface area contributed by atoms with Crippen LogP contribution < -0.4 is 4.31 Å². The second-order valence-electron chi connectivity index (χ2n) is 8.08. The molecule has 7 nitrogen and oxygen atoms in total. The number of nitrogens with one attached hydrogen (secondary N) is 1. The van der Waals surface area contributed by atoms with Gasteiger partial charge in [0.15, 0.2) is 0 Å². The molecule has 2 aliphatic heterocycles. The molecule has 1 N–H and O–H groups in total. The van der Waals surface area contributed by atoms with Crippen molar-refractivity contribution >= 4 is 54.8 Å². The maximum absolute atomic E-state index is 13.1. The van der Waals surface area contributed by atoms with Gasteiger partial charge in [-0.05, 0) is 36.1 Å². The van der Waals surface area contributed by atoms with Crippen LogP contribution in [-0.2, 0) is 14.8 Å². The first-order valence-corrected chi connectivity index (χ1v) is 13.8. The van der Waals surface area contributed by atoms with E-state index in [0.717, 1.165) is 66.6 Å². The highest BCUT2D eigenvalue weighted by Crippen LogP contribution is 2.35. The number of ether oxygens (including phenoxy) is 1. The Bertz CT molecular complexity index is 1240. The maximum Gasteiger partial charge on any atom is 0.273 e. The molecule has 1 saturated heterocycles. The van der Waals surface area contributed by atoms with Gasteiger partial charge in [-0.25, -0.2) is 8.42 Å². The van der Waals surface area contributed by atoms with Crippen molar-refractivity contribution in [2.24, 2.45) is 4.99 Å². The number of hydrogen-bond acceptors (Lipinski definition) is 7. The van der Waals surface area contributed by atoms with Crippen molar-refractivity contribution < 1.29 is 13.2 Å². The van der Waals surface area contributed by atoms with Crippen LogP contribution in [-0.4, -0.2) is 75.0 Å². The van der Waals surface area contributed by atoms with Crippen LogP contribution in [0, 0.1) is 6.92 Å². The van der Waals surface area contributed by atoms with Crippen molar-refractivity contribution in [1.82, 2.24) is 9.88 Å². The lowest BCUT2D eigenvalue weighted by atomic mass is 10.1. The summed E-state index contributed by atoms with van der Waals surface area (Å²) >= 11 is 3.03. The molecular weight excluding hydrogens is 464 g/mol.